The molecular weight excluding hydrogens is 274 g/mol. The van der Waals surface area contributed by atoms with Crippen LogP contribution >= 0.6 is 11.6 Å². The first-order valence-corrected chi connectivity index (χ1v) is 6.69. The van der Waals surface area contributed by atoms with Crippen LogP contribution in [-0.2, 0) is 22.5 Å². The zero-order valence-corrected chi connectivity index (χ0v) is 12.0. The standard InChI is InChI=1S/C16H16ClNO2/c1-20-16(19)10-12-4-8-15(9-5-12)18-11-13-2-6-14(17)7-3-13/h2-9,18H,10-11H2,1H3. The van der Waals surface area contributed by atoms with Crippen LogP contribution in [0.2, 0.25) is 5.02 Å². The van der Waals surface area contributed by atoms with Gasteiger partial charge in [0.15, 0.2) is 0 Å². The lowest BCUT2D eigenvalue weighted by atomic mass is 10.1. The molecule has 2 aromatic rings. The molecule has 2 rings (SSSR count). The van der Waals surface area contributed by atoms with Crippen LogP contribution in [0.15, 0.2) is 48.5 Å². The maximum absolute atomic E-state index is 11.2. The van der Waals surface area contributed by atoms with E-state index in [0.717, 1.165) is 28.4 Å². The van der Waals surface area contributed by atoms with Crippen molar-refractivity contribution in [2.24, 2.45) is 0 Å². The van der Waals surface area contributed by atoms with Crippen molar-refractivity contribution in [3.05, 3.63) is 64.7 Å². The van der Waals surface area contributed by atoms with Crippen molar-refractivity contribution in [2.75, 3.05) is 12.4 Å². The third kappa shape index (κ3) is 4.28. The van der Waals surface area contributed by atoms with Crippen molar-refractivity contribution in [3.63, 3.8) is 0 Å². The van der Waals surface area contributed by atoms with Crippen molar-refractivity contribution >= 4 is 23.3 Å². The Kier molecular flexibility index (Phi) is 5.02. The number of carbonyl (C=O) groups is 1. The van der Waals surface area contributed by atoms with Crippen LogP contribution in [0.4, 0.5) is 5.69 Å². The second kappa shape index (κ2) is 6.96. The van der Waals surface area contributed by atoms with Crippen molar-refractivity contribution in [1.29, 1.82) is 0 Å². The van der Waals surface area contributed by atoms with Gasteiger partial charge in [-0.15, -0.1) is 0 Å². The molecule has 0 spiro atoms. The molecule has 2 aromatic carbocycles. The third-order valence-electron chi connectivity index (χ3n) is 2.94. The van der Waals surface area contributed by atoms with Crippen molar-refractivity contribution in [3.8, 4) is 0 Å². The summed E-state index contributed by atoms with van der Waals surface area (Å²) in [6.45, 7) is 0.730. The van der Waals surface area contributed by atoms with Gasteiger partial charge < -0.3 is 10.1 Å². The van der Waals surface area contributed by atoms with Crippen LogP contribution in [-0.4, -0.2) is 13.1 Å². The van der Waals surface area contributed by atoms with Crippen LogP contribution in [0.5, 0.6) is 0 Å². The lowest BCUT2D eigenvalue weighted by Crippen LogP contribution is -2.04. The SMILES string of the molecule is COC(=O)Cc1ccc(NCc2ccc(Cl)cc2)cc1. The number of hydrogen-bond acceptors (Lipinski definition) is 3. The minimum Gasteiger partial charge on any atom is -0.469 e. The molecule has 4 heteroatoms. The average Bonchev–Trinajstić information content (AvgIpc) is 2.48. The summed E-state index contributed by atoms with van der Waals surface area (Å²) < 4.78 is 4.63. The van der Waals surface area contributed by atoms with Gasteiger partial charge in [-0.1, -0.05) is 35.9 Å². The van der Waals surface area contributed by atoms with Gasteiger partial charge in [0.05, 0.1) is 13.5 Å². The molecule has 0 aliphatic rings. The second-order valence-corrected chi connectivity index (χ2v) is 4.87. The Morgan fingerprint density at radius 1 is 1.05 bits per heavy atom. The second-order valence-electron chi connectivity index (χ2n) is 4.43. The van der Waals surface area contributed by atoms with E-state index in [1.54, 1.807) is 0 Å². The number of ether oxygens (including phenoxy) is 1. The molecule has 1 N–H and O–H groups in total. The maximum atomic E-state index is 11.2. The molecule has 0 radical (unpaired) electrons. The predicted octanol–water partition coefficient (Wildman–Crippen LogP) is 3.67. The van der Waals surface area contributed by atoms with E-state index in [1.807, 2.05) is 48.5 Å². The van der Waals surface area contributed by atoms with E-state index < -0.39 is 0 Å². The summed E-state index contributed by atoms with van der Waals surface area (Å²) >= 11 is 5.84. The summed E-state index contributed by atoms with van der Waals surface area (Å²) in [5, 5.41) is 4.05. The number of hydrogen-bond donors (Lipinski definition) is 1. The summed E-state index contributed by atoms with van der Waals surface area (Å²) in [5.74, 6) is -0.230. The number of benzene rings is 2. The van der Waals surface area contributed by atoms with Gasteiger partial charge in [0.1, 0.15) is 0 Å². The van der Waals surface area contributed by atoms with E-state index in [1.165, 1.54) is 7.11 Å². The van der Waals surface area contributed by atoms with Crippen molar-refractivity contribution in [1.82, 2.24) is 0 Å². The minimum absolute atomic E-state index is 0.230. The van der Waals surface area contributed by atoms with E-state index in [-0.39, 0.29) is 5.97 Å². The van der Waals surface area contributed by atoms with E-state index in [2.05, 4.69) is 10.1 Å². The van der Waals surface area contributed by atoms with Crippen LogP contribution in [0, 0.1) is 0 Å². The average molecular weight is 290 g/mol. The largest absolute Gasteiger partial charge is 0.469 e. The quantitative estimate of drug-likeness (QED) is 0.854. The smallest absolute Gasteiger partial charge is 0.309 e. The van der Waals surface area contributed by atoms with Crippen LogP contribution in [0.25, 0.3) is 0 Å². The van der Waals surface area contributed by atoms with Gasteiger partial charge >= 0.3 is 5.97 Å². The number of methoxy groups -OCH3 is 1. The predicted molar refractivity (Wildman–Crippen MR) is 80.9 cm³/mol. The van der Waals surface area contributed by atoms with Gasteiger partial charge in [-0.25, -0.2) is 0 Å². The topological polar surface area (TPSA) is 38.3 Å². The summed E-state index contributed by atoms with van der Waals surface area (Å²) in [4.78, 5) is 11.2. The molecule has 0 fully saturated rings. The Morgan fingerprint density at radius 3 is 2.25 bits per heavy atom. The van der Waals surface area contributed by atoms with E-state index in [0.29, 0.717) is 6.42 Å². The Hall–Kier alpha value is -2.00. The van der Waals surface area contributed by atoms with Gasteiger partial charge in [0.2, 0.25) is 0 Å². The highest BCUT2D eigenvalue weighted by molar-refractivity contribution is 6.30. The molecule has 0 aliphatic carbocycles. The molecule has 20 heavy (non-hydrogen) atoms. The molecule has 0 atom stereocenters. The molecule has 0 unspecified atom stereocenters. The summed E-state index contributed by atoms with van der Waals surface area (Å²) in [7, 11) is 1.39. The fourth-order valence-corrected chi connectivity index (χ4v) is 1.91. The Morgan fingerprint density at radius 2 is 1.65 bits per heavy atom. The number of anilines is 1. The number of halogens is 1. The normalized spacial score (nSPS) is 10.1. The highest BCUT2D eigenvalue weighted by Crippen LogP contribution is 2.14. The van der Waals surface area contributed by atoms with Gasteiger partial charge in [-0.05, 0) is 35.4 Å². The molecule has 0 saturated carbocycles. The lowest BCUT2D eigenvalue weighted by molar-refractivity contribution is -0.139. The van der Waals surface area contributed by atoms with Crippen LogP contribution < -0.4 is 5.32 Å². The van der Waals surface area contributed by atoms with Crippen LogP contribution in [0.3, 0.4) is 0 Å². The summed E-state index contributed by atoms with van der Waals surface area (Å²) in [6.07, 6.45) is 0.300. The Balaban J connectivity index is 1.90. The van der Waals surface area contributed by atoms with E-state index in [9.17, 15) is 4.79 Å². The molecule has 0 aliphatic heterocycles. The van der Waals surface area contributed by atoms with Gasteiger partial charge in [0, 0.05) is 17.3 Å². The third-order valence-corrected chi connectivity index (χ3v) is 3.19. The molecule has 0 saturated heterocycles. The van der Waals surface area contributed by atoms with E-state index in [4.69, 9.17) is 11.6 Å². The zero-order chi connectivity index (χ0) is 14.4. The zero-order valence-electron chi connectivity index (χ0n) is 11.2. The number of esters is 1. The molecule has 104 valence electrons. The maximum Gasteiger partial charge on any atom is 0.309 e. The molecule has 0 amide bonds. The molecule has 0 bridgehead atoms. The molecule has 3 nitrogen and oxygen atoms in total. The van der Waals surface area contributed by atoms with Crippen molar-refractivity contribution < 1.29 is 9.53 Å². The Bertz CT molecular complexity index is 564. The van der Waals surface area contributed by atoms with Gasteiger partial charge in [0.25, 0.3) is 0 Å². The first-order chi connectivity index (χ1) is 9.67. The van der Waals surface area contributed by atoms with E-state index >= 15 is 0 Å². The van der Waals surface area contributed by atoms with Crippen molar-refractivity contribution in [2.45, 2.75) is 13.0 Å². The number of carbonyl (C=O) groups excluding carboxylic acids is 1. The molecular formula is C16H16ClNO2. The Labute approximate surface area is 123 Å². The number of nitrogens with one attached hydrogen (secondary N) is 1. The molecule has 0 heterocycles. The monoisotopic (exact) mass is 289 g/mol. The van der Waals surface area contributed by atoms with Gasteiger partial charge in [-0.3, -0.25) is 4.79 Å². The fraction of sp³-hybridized carbons (Fsp3) is 0.188. The molecule has 0 aromatic heterocycles. The first-order valence-electron chi connectivity index (χ1n) is 6.31. The highest BCUT2D eigenvalue weighted by Gasteiger charge is 2.02. The highest BCUT2D eigenvalue weighted by atomic mass is 35.5. The lowest BCUT2D eigenvalue weighted by Gasteiger charge is -2.07. The summed E-state index contributed by atoms with van der Waals surface area (Å²) in [6, 6.07) is 15.5. The van der Waals surface area contributed by atoms with Gasteiger partial charge in [-0.2, -0.15) is 0 Å². The number of rotatable bonds is 5. The van der Waals surface area contributed by atoms with Crippen LogP contribution in [0.1, 0.15) is 11.1 Å². The minimum atomic E-state index is -0.230. The first kappa shape index (κ1) is 14.4. The fourth-order valence-electron chi connectivity index (χ4n) is 1.79. The summed E-state index contributed by atoms with van der Waals surface area (Å²) in [5.41, 5.74) is 3.11.